The molecule has 0 atom stereocenters. The molecule has 0 amide bonds. The first-order chi connectivity index (χ1) is 13.5. The van der Waals surface area contributed by atoms with E-state index in [1.54, 1.807) is 6.07 Å². The van der Waals surface area contributed by atoms with Gasteiger partial charge in [-0.25, -0.2) is 4.79 Å². The van der Waals surface area contributed by atoms with Crippen molar-refractivity contribution in [2.75, 3.05) is 19.8 Å². The third-order valence-corrected chi connectivity index (χ3v) is 4.61. The lowest BCUT2D eigenvalue weighted by atomic mass is 10.1. The maximum Gasteiger partial charge on any atom is 0.341 e. The average molecular weight is 381 g/mol. The molecule has 0 radical (unpaired) electrons. The van der Waals surface area contributed by atoms with Gasteiger partial charge in [-0.15, -0.1) is 0 Å². The zero-order valence-electron chi connectivity index (χ0n) is 15.6. The van der Waals surface area contributed by atoms with Crippen molar-refractivity contribution in [2.24, 2.45) is 0 Å². The van der Waals surface area contributed by atoms with Crippen LogP contribution < -0.4 is 9.47 Å². The predicted octanol–water partition coefficient (Wildman–Crippen LogP) is 3.50. The number of hydrogen-bond acceptors (Lipinski definition) is 6. The molecule has 4 rings (SSSR count). The average Bonchev–Trinajstić information content (AvgIpc) is 3.34. The lowest BCUT2D eigenvalue weighted by Crippen LogP contribution is -2.16. The monoisotopic (exact) mass is 381 g/mol. The number of esters is 1. The Hall–Kier alpha value is -3.48. The van der Waals surface area contributed by atoms with Crippen molar-refractivity contribution in [3.8, 4) is 17.2 Å². The van der Waals surface area contributed by atoms with E-state index in [1.165, 1.54) is 18.6 Å². The fraction of sp³-hybridized carbons (Fsp3) is 0.238. The van der Waals surface area contributed by atoms with Gasteiger partial charge < -0.3 is 23.2 Å². The Morgan fingerprint density at radius 3 is 2.61 bits per heavy atom. The molecule has 0 fully saturated rings. The topological polar surface area (TPSA) is 79.9 Å². The van der Waals surface area contributed by atoms with Gasteiger partial charge in [0.1, 0.15) is 19.5 Å². The Bertz CT molecular complexity index is 1030. The van der Waals surface area contributed by atoms with E-state index in [1.807, 2.05) is 36.6 Å². The summed E-state index contributed by atoms with van der Waals surface area (Å²) in [7, 11) is 0. The Morgan fingerprint density at radius 2 is 1.86 bits per heavy atom. The number of benzene rings is 1. The van der Waals surface area contributed by atoms with Crippen LogP contribution in [0.2, 0.25) is 0 Å². The van der Waals surface area contributed by atoms with Crippen LogP contribution in [-0.2, 0) is 4.74 Å². The fourth-order valence-corrected chi connectivity index (χ4v) is 3.29. The van der Waals surface area contributed by atoms with Crippen molar-refractivity contribution in [3.63, 3.8) is 0 Å². The van der Waals surface area contributed by atoms with Crippen LogP contribution in [0.5, 0.6) is 11.5 Å². The largest absolute Gasteiger partial charge is 0.486 e. The highest BCUT2D eigenvalue weighted by molar-refractivity contribution is 6.00. The zero-order chi connectivity index (χ0) is 19.7. The van der Waals surface area contributed by atoms with E-state index in [-0.39, 0.29) is 18.0 Å². The van der Waals surface area contributed by atoms with E-state index in [0.717, 1.165) is 17.1 Å². The number of carbonyl (C=O) groups excluding carboxylic acids is 2. The number of rotatable bonds is 5. The minimum Gasteiger partial charge on any atom is -0.486 e. The summed E-state index contributed by atoms with van der Waals surface area (Å²) in [5, 5.41) is 0. The van der Waals surface area contributed by atoms with Gasteiger partial charge in [0.05, 0.1) is 11.8 Å². The summed E-state index contributed by atoms with van der Waals surface area (Å²) >= 11 is 0. The molecule has 7 heteroatoms. The van der Waals surface area contributed by atoms with Crippen molar-refractivity contribution in [1.29, 1.82) is 0 Å². The molecule has 0 spiro atoms. The van der Waals surface area contributed by atoms with E-state index >= 15 is 0 Å². The van der Waals surface area contributed by atoms with Crippen LogP contribution in [-0.4, -0.2) is 36.1 Å². The maximum atomic E-state index is 12.6. The van der Waals surface area contributed by atoms with Crippen LogP contribution in [0.15, 0.2) is 47.3 Å². The molecule has 0 saturated heterocycles. The minimum absolute atomic E-state index is 0.270. The SMILES string of the molecule is Cc1cc(C(=O)COC(=O)c2ccoc2)c(C)n1-c1ccc2c(c1)OCCO2. The first-order valence-electron chi connectivity index (χ1n) is 8.86. The lowest BCUT2D eigenvalue weighted by Gasteiger charge is -2.20. The number of carbonyl (C=O) groups is 2. The first kappa shape index (κ1) is 17.9. The van der Waals surface area contributed by atoms with Crippen molar-refractivity contribution < 1.29 is 28.2 Å². The van der Waals surface area contributed by atoms with Crippen molar-refractivity contribution >= 4 is 11.8 Å². The van der Waals surface area contributed by atoms with Crippen LogP contribution in [0, 0.1) is 13.8 Å². The summed E-state index contributed by atoms with van der Waals surface area (Å²) in [6.07, 6.45) is 2.65. The van der Waals surface area contributed by atoms with Gasteiger partial charge in [0.15, 0.2) is 18.1 Å². The molecular weight excluding hydrogens is 362 g/mol. The summed E-state index contributed by atoms with van der Waals surface area (Å²) in [5.41, 5.74) is 3.30. The van der Waals surface area contributed by atoms with E-state index in [9.17, 15) is 9.59 Å². The number of hydrogen-bond donors (Lipinski definition) is 0. The number of aryl methyl sites for hydroxylation is 1. The Kier molecular flexibility index (Phi) is 4.65. The van der Waals surface area contributed by atoms with Crippen LogP contribution in [0.4, 0.5) is 0 Å². The number of Topliss-reactive ketones (excluding diaryl/α,β-unsaturated/α-hetero) is 1. The summed E-state index contributed by atoms with van der Waals surface area (Å²) < 4.78 is 23.1. The Labute approximate surface area is 161 Å². The molecule has 0 bridgehead atoms. The molecule has 0 unspecified atom stereocenters. The molecule has 1 aromatic carbocycles. The molecule has 1 aliphatic rings. The summed E-state index contributed by atoms with van der Waals surface area (Å²) in [5.74, 6) is 0.523. The zero-order valence-corrected chi connectivity index (χ0v) is 15.6. The van der Waals surface area contributed by atoms with Gasteiger partial charge in [-0.1, -0.05) is 0 Å². The molecule has 0 aliphatic carbocycles. The van der Waals surface area contributed by atoms with Gasteiger partial charge in [0, 0.05) is 28.7 Å². The van der Waals surface area contributed by atoms with E-state index in [0.29, 0.717) is 30.3 Å². The molecule has 144 valence electrons. The first-order valence-corrected chi connectivity index (χ1v) is 8.86. The van der Waals surface area contributed by atoms with Crippen molar-refractivity contribution in [1.82, 2.24) is 4.57 Å². The highest BCUT2D eigenvalue weighted by Crippen LogP contribution is 2.33. The van der Waals surface area contributed by atoms with E-state index in [4.69, 9.17) is 18.6 Å². The molecule has 0 saturated carbocycles. The number of fused-ring (bicyclic) bond motifs is 1. The molecule has 0 N–H and O–H groups in total. The third-order valence-electron chi connectivity index (χ3n) is 4.61. The highest BCUT2D eigenvalue weighted by Gasteiger charge is 2.20. The second-order valence-electron chi connectivity index (χ2n) is 6.46. The van der Waals surface area contributed by atoms with Crippen LogP contribution in [0.25, 0.3) is 5.69 Å². The van der Waals surface area contributed by atoms with E-state index in [2.05, 4.69) is 0 Å². The molecule has 3 heterocycles. The maximum absolute atomic E-state index is 12.6. The lowest BCUT2D eigenvalue weighted by molar-refractivity contribution is 0.0474. The highest BCUT2D eigenvalue weighted by atomic mass is 16.6. The fourth-order valence-electron chi connectivity index (χ4n) is 3.29. The normalized spacial score (nSPS) is 12.6. The Balaban J connectivity index is 1.55. The molecule has 7 nitrogen and oxygen atoms in total. The minimum atomic E-state index is -0.595. The number of ketones is 1. The second kappa shape index (κ2) is 7.26. The summed E-state index contributed by atoms with van der Waals surface area (Å²) in [6, 6.07) is 8.94. The van der Waals surface area contributed by atoms with Gasteiger partial charge in [-0.05, 0) is 38.1 Å². The molecular formula is C21H19NO6. The van der Waals surface area contributed by atoms with Gasteiger partial charge in [-0.3, -0.25) is 4.79 Å². The number of furan rings is 1. The second-order valence-corrected chi connectivity index (χ2v) is 6.46. The number of nitrogens with zero attached hydrogens (tertiary/aromatic N) is 1. The van der Waals surface area contributed by atoms with Gasteiger partial charge in [-0.2, -0.15) is 0 Å². The van der Waals surface area contributed by atoms with Crippen LogP contribution >= 0.6 is 0 Å². The Morgan fingerprint density at radius 1 is 1.07 bits per heavy atom. The van der Waals surface area contributed by atoms with Crippen molar-refractivity contribution in [2.45, 2.75) is 13.8 Å². The summed E-state index contributed by atoms with van der Waals surface area (Å²) in [6.45, 7) is 4.47. The van der Waals surface area contributed by atoms with Crippen molar-refractivity contribution in [3.05, 3.63) is 65.4 Å². The smallest absolute Gasteiger partial charge is 0.341 e. The number of aromatic nitrogens is 1. The van der Waals surface area contributed by atoms with Gasteiger partial charge >= 0.3 is 5.97 Å². The standard InChI is InChI=1S/C21H19NO6/c1-13-9-17(18(23)12-28-21(24)15-5-6-25-11-15)14(2)22(13)16-3-4-19-20(10-16)27-8-7-26-19/h3-6,9-11H,7-8,12H2,1-2H3. The summed E-state index contributed by atoms with van der Waals surface area (Å²) in [4.78, 5) is 24.5. The van der Waals surface area contributed by atoms with Crippen LogP contribution in [0.3, 0.4) is 0 Å². The van der Waals surface area contributed by atoms with Gasteiger partial charge in [0.2, 0.25) is 5.78 Å². The van der Waals surface area contributed by atoms with Gasteiger partial charge in [0.25, 0.3) is 0 Å². The molecule has 28 heavy (non-hydrogen) atoms. The third kappa shape index (κ3) is 3.26. The number of ether oxygens (including phenoxy) is 3. The molecule has 3 aromatic rings. The molecule has 2 aromatic heterocycles. The van der Waals surface area contributed by atoms with Crippen LogP contribution in [0.1, 0.15) is 32.1 Å². The quantitative estimate of drug-likeness (QED) is 0.497. The molecule has 1 aliphatic heterocycles. The predicted molar refractivity (Wildman–Crippen MR) is 99.6 cm³/mol. The van der Waals surface area contributed by atoms with E-state index < -0.39 is 5.97 Å².